The molecule has 0 saturated carbocycles. The molecule has 1 aromatic heterocycles. The van der Waals surface area contributed by atoms with E-state index in [0.717, 1.165) is 19.4 Å². The Morgan fingerprint density at radius 3 is 3.00 bits per heavy atom. The molecule has 124 valence electrons. The van der Waals surface area contributed by atoms with Crippen LogP contribution in [-0.4, -0.2) is 47.8 Å². The van der Waals surface area contributed by atoms with Crippen molar-refractivity contribution in [3.63, 3.8) is 0 Å². The maximum Gasteiger partial charge on any atom is 0.252 e. The highest BCUT2D eigenvalue weighted by Crippen LogP contribution is 2.31. The number of methoxy groups -OCH3 is 1. The fourth-order valence-corrected chi connectivity index (χ4v) is 2.56. The first kappa shape index (κ1) is 16.9. The highest BCUT2D eigenvalue weighted by molar-refractivity contribution is 5.77. The molecule has 0 aliphatic carbocycles. The average molecular weight is 311 g/mol. The number of hydrogen-bond acceptors (Lipinski definition) is 6. The maximum atomic E-state index is 12.3. The van der Waals surface area contributed by atoms with Gasteiger partial charge in [-0.3, -0.25) is 4.79 Å². The molecule has 1 aliphatic heterocycles. The monoisotopic (exact) mass is 311 g/mol. The van der Waals surface area contributed by atoms with E-state index in [1.807, 2.05) is 18.7 Å². The van der Waals surface area contributed by atoms with Gasteiger partial charge in [0.05, 0.1) is 19.3 Å². The van der Waals surface area contributed by atoms with Crippen LogP contribution in [0.4, 0.5) is 0 Å². The molecule has 2 rings (SSSR count). The Balaban J connectivity index is 1.92. The number of nitrogens with zero attached hydrogens (tertiary/aromatic N) is 3. The number of amides is 1. The summed E-state index contributed by atoms with van der Waals surface area (Å²) in [6, 6.07) is -0.0669. The summed E-state index contributed by atoms with van der Waals surface area (Å²) in [5.74, 6) is 1.54. The van der Waals surface area contributed by atoms with Crippen molar-refractivity contribution in [3.05, 3.63) is 11.7 Å². The number of hydrogen-bond donors (Lipinski definition) is 0. The number of rotatable bonds is 8. The lowest BCUT2D eigenvalue weighted by Crippen LogP contribution is -2.31. The summed E-state index contributed by atoms with van der Waals surface area (Å²) in [7, 11) is 1.62. The summed E-state index contributed by atoms with van der Waals surface area (Å²) >= 11 is 0. The van der Waals surface area contributed by atoms with Crippen molar-refractivity contribution in [2.24, 2.45) is 5.92 Å². The SMILES string of the molecule is COCCOCc1nc(C2CCCN2C(=O)CC(C)C)no1. The van der Waals surface area contributed by atoms with Crippen LogP contribution in [0.3, 0.4) is 0 Å². The smallest absolute Gasteiger partial charge is 0.252 e. The molecule has 7 heteroatoms. The summed E-state index contributed by atoms with van der Waals surface area (Å²) in [5.41, 5.74) is 0. The molecule has 2 heterocycles. The van der Waals surface area contributed by atoms with Gasteiger partial charge in [-0.05, 0) is 18.8 Å². The van der Waals surface area contributed by atoms with Crippen LogP contribution in [0.15, 0.2) is 4.52 Å². The molecule has 22 heavy (non-hydrogen) atoms. The van der Waals surface area contributed by atoms with Crippen molar-refractivity contribution in [2.75, 3.05) is 26.9 Å². The number of likely N-dealkylation sites (tertiary alicyclic amines) is 1. The van der Waals surface area contributed by atoms with Crippen LogP contribution in [0.25, 0.3) is 0 Å². The van der Waals surface area contributed by atoms with Crippen molar-refractivity contribution in [3.8, 4) is 0 Å². The molecule has 0 N–H and O–H groups in total. The molecule has 1 fully saturated rings. The molecule has 1 amide bonds. The van der Waals surface area contributed by atoms with E-state index in [1.165, 1.54) is 0 Å². The van der Waals surface area contributed by atoms with Gasteiger partial charge >= 0.3 is 0 Å². The second-order valence-electron chi connectivity index (χ2n) is 5.93. The average Bonchev–Trinajstić information content (AvgIpc) is 3.11. The molecule has 7 nitrogen and oxygen atoms in total. The van der Waals surface area contributed by atoms with Gasteiger partial charge in [0.25, 0.3) is 5.89 Å². The quantitative estimate of drug-likeness (QED) is 0.683. The van der Waals surface area contributed by atoms with Crippen molar-refractivity contribution in [2.45, 2.75) is 45.8 Å². The highest BCUT2D eigenvalue weighted by atomic mass is 16.5. The predicted molar refractivity (Wildman–Crippen MR) is 79.0 cm³/mol. The van der Waals surface area contributed by atoms with Gasteiger partial charge in [-0.1, -0.05) is 19.0 Å². The maximum absolute atomic E-state index is 12.3. The minimum absolute atomic E-state index is 0.0669. The predicted octanol–water partition coefficient (Wildman–Crippen LogP) is 1.94. The van der Waals surface area contributed by atoms with Crippen LogP contribution in [0.5, 0.6) is 0 Å². The van der Waals surface area contributed by atoms with Gasteiger partial charge in [-0.25, -0.2) is 0 Å². The van der Waals surface area contributed by atoms with E-state index in [1.54, 1.807) is 7.11 Å². The van der Waals surface area contributed by atoms with Crippen molar-refractivity contribution in [1.82, 2.24) is 15.0 Å². The lowest BCUT2D eigenvalue weighted by atomic mass is 10.1. The van der Waals surface area contributed by atoms with E-state index < -0.39 is 0 Å². The Hall–Kier alpha value is -1.47. The van der Waals surface area contributed by atoms with Crippen LogP contribution < -0.4 is 0 Å². The third-order valence-corrected chi connectivity index (χ3v) is 3.60. The van der Waals surface area contributed by atoms with E-state index in [2.05, 4.69) is 10.1 Å². The zero-order valence-corrected chi connectivity index (χ0v) is 13.6. The van der Waals surface area contributed by atoms with E-state index in [9.17, 15) is 4.79 Å². The van der Waals surface area contributed by atoms with Crippen LogP contribution >= 0.6 is 0 Å². The third-order valence-electron chi connectivity index (χ3n) is 3.60. The summed E-state index contributed by atoms with van der Waals surface area (Å²) in [5, 5.41) is 4.02. The molecule has 1 saturated heterocycles. The van der Waals surface area contributed by atoms with Gasteiger partial charge in [-0.15, -0.1) is 0 Å². The topological polar surface area (TPSA) is 77.7 Å². The fourth-order valence-electron chi connectivity index (χ4n) is 2.56. The molecule has 1 atom stereocenters. The first-order valence-electron chi connectivity index (χ1n) is 7.80. The molecule has 0 aromatic carbocycles. The lowest BCUT2D eigenvalue weighted by Gasteiger charge is -2.23. The van der Waals surface area contributed by atoms with E-state index >= 15 is 0 Å². The first-order chi connectivity index (χ1) is 10.6. The lowest BCUT2D eigenvalue weighted by molar-refractivity contribution is -0.133. The number of ether oxygens (including phenoxy) is 2. The van der Waals surface area contributed by atoms with E-state index in [0.29, 0.717) is 37.3 Å². The number of aromatic nitrogens is 2. The Kier molecular flexibility index (Phi) is 6.33. The molecule has 1 aromatic rings. The molecular formula is C15H25N3O4. The van der Waals surface area contributed by atoms with Crippen LogP contribution in [0, 0.1) is 5.92 Å². The summed E-state index contributed by atoms with van der Waals surface area (Å²) in [6.45, 7) is 6.14. The number of carbonyl (C=O) groups is 1. The van der Waals surface area contributed by atoms with E-state index in [-0.39, 0.29) is 18.6 Å². The second kappa shape index (κ2) is 8.24. The molecule has 1 unspecified atom stereocenters. The zero-order chi connectivity index (χ0) is 15.9. The summed E-state index contributed by atoms with van der Waals surface area (Å²) in [6.07, 6.45) is 2.41. The van der Waals surface area contributed by atoms with Gasteiger partial charge in [0.15, 0.2) is 5.82 Å². The minimum atomic E-state index is -0.0669. The standard InChI is InChI=1S/C15H25N3O4/c1-11(2)9-14(19)18-6-4-5-12(18)15-16-13(22-17-15)10-21-8-7-20-3/h11-12H,4-10H2,1-3H3. The van der Waals surface area contributed by atoms with Crippen molar-refractivity contribution >= 4 is 5.91 Å². The molecule has 0 radical (unpaired) electrons. The van der Waals surface area contributed by atoms with Crippen molar-refractivity contribution < 1.29 is 18.8 Å². The largest absolute Gasteiger partial charge is 0.382 e. The Bertz CT molecular complexity index is 475. The number of carbonyl (C=O) groups excluding carboxylic acids is 1. The van der Waals surface area contributed by atoms with Crippen molar-refractivity contribution in [1.29, 1.82) is 0 Å². The molecule has 0 spiro atoms. The Labute approximate surface area is 131 Å². The zero-order valence-electron chi connectivity index (χ0n) is 13.6. The van der Waals surface area contributed by atoms with Gasteiger partial charge in [0, 0.05) is 20.1 Å². The highest BCUT2D eigenvalue weighted by Gasteiger charge is 2.33. The van der Waals surface area contributed by atoms with Gasteiger partial charge in [0.1, 0.15) is 6.61 Å². The summed E-state index contributed by atoms with van der Waals surface area (Å²) < 4.78 is 15.5. The Morgan fingerprint density at radius 2 is 2.27 bits per heavy atom. The van der Waals surface area contributed by atoms with Gasteiger partial charge < -0.3 is 18.9 Å². The fraction of sp³-hybridized carbons (Fsp3) is 0.800. The summed E-state index contributed by atoms with van der Waals surface area (Å²) in [4.78, 5) is 18.5. The van der Waals surface area contributed by atoms with Crippen LogP contribution in [0.2, 0.25) is 0 Å². The molecular weight excluding hydrogens is 286 g/mol. The normalized spacial score (nSPS) is 18.4. The second-order valence-corrected chi connectivity index (χ2v) is 5.93. The van der Waals surface area contributed by atoms with Gasteiger partial charge in [-0.2, -0.15) is 4.98 Å². The van der Waals surface area contributed by atoms with Crippen LogP contribution in [0.1, 0.15) is 50.9 Å². The van der Waals surface area contributed by atoms with Gasteiger partial charge in [0.2, 0.25) is 5.91 Å². The first-order valence-corrected chi connectivity index (χ1v) is 7.80. The third kappa shape index (κ3) is 4.51. The van der Waals surface area contributed by atoms with E-state index in [4.69, 9.17) is 14.0 Å². The minimum Gasteiger partial charge on any atom is -0.382 e. The molecule has 1 aliphatic rings. The van der Waals surface area contributed by atoms with Crippen LogP contribution in [-0.2, 0) is 20.9 Å². The molecule has 0 bridgehead atoms. The Morgan fingerprint density at radius 1 is 1.45 bits per heavy atom.